The Balaban J connectivity index is 0.000000182. The highest BCUT2D eigenvalue weighted by molar-refractivity contribution is 5.69. The number of rotatable bonds is 10. The number of imidazole rings is 2. The zero-order valence-corrected chi connectivity index (χ0v) is 31.0. The van der Waals surface area contributed by atoms with Gasteiger partial charge in [0.1, 0.15) is 25.7 Å². The lowest BCUT2D eigenvalue weighted by Crippen LogP contribution is -2.22. The van der Waals surface area contributed by atoms with Crippen LogP contribution in [-0.4, -0.2) is 57.8 Å². The van der Waals surface area contributed by atoms with E-state index in [1.165, 1.54) is 43.8 Å². The van der Waals surface area contributed by atoms with Crippen molar-refractivity contribution in [1.82, 2.24) is 57.8 Å². The van der Waals surface area contributed by atoms with Gasteiger partial charge in [0.05, 0.1) is 37.4 Å². The zero-order chi connectivity index (χ0) is 39.8. The smallest absolute Gasteiger partial charge is 0.390 e. The molecule has 0 bridgehead atoms. The number of benzene rings is 2. The Labute approximate surface area is 317 Å². The van der Waals surface area contributed by atoms with E-state index in [0.29, 0.717) is 53.8 Å². The van der Waals surface area contributed by atoms with Gasteiger partial charge in [0, 0.05) is 14.1 Å². The van der Waals surface area contributed by atoms with Gasteiger partial charge in [0.15, 0.2) is 22.3 Å². The van der Waals surface area contributed by atoms with Crippen molar-refractivity contribution < 1.29 is 8.83 Å². The maximum Gasteiger partial charge on any atom is 0.437 e. The molecule has 2 aromatic carbocycles. The average molecular weight is 760 g/mol. The predicted molar refractivity (Wildman–Crippen MR) is 202 cm³/mol. The van der Waals surface area contributed by atoms with Crippen molar-refractivity contribution in [1.29, 1.82) is 5.26 Å². The summed E-state index contributed by atoms with van der Waals surface area (Å²) >= 11 is 0. The van der Waals surface area contributed by atoms with Crippen LogP contribution in [0.1, 0.15) is 42.3 Å². The number of aromatic nitrogens is 12. The molecule has 8 aromatic rings. The minimum Gasteiger partial charge on any atom is -0.390 e. The third-order valence-corrected chi connectivity index (χ3v) is 8.46. The second kappa shape index (κ2) is 17.1. The molecule has 286 valence electrons. The summed E-state index contributed by atoms with van der Waals surface area (Å²) in [5, 5.41) is 17.2. The Hall–Kier alpha value is -7.49. The summed E-state index contributed by atoms with van der Waals surface area (Å²) in [5.74, 6) is -0.853. The maximum atomic E-state index is 12.6. The SMILES string of the molecule is CC.Cn1cnc2ncn(Cc3nn(CCc4ccc(C#N)cc4)c(=O)o3)c(=O)c21.Cn1cnc2ncn(Cc3nn(CCc4ccccc4)c(=O)o3)c(=O)c21. The van der Waals surface area contributed by atoms with Gasteiger partial charge in [-0.1, -0.05) is 56.3 Å². The maximum absolute atomic E-state index is 12.6. The van der Waals surface area contributed by atoms with Crippen LogP contribution in [0, 0.1) is 11.3 Å². The van der Waals surface area contributed by atoms with Crippen LogP contribution in [0.3, 0.4) is 0 Å². The largest absolute Gasteiger partial charge is 0.437 e. The molecule has 8 rings (SSSR count). The first-order chi connectivity index (χ1) is 27.2. The molecule has 0 saturated carbocycles. The standard InChI is InChI=1S/C18H15N7O3.C17H16N6O3.C2H6/c1-23-10-20-16-15(23)17(26)24(11-21-16)9-14-22-25(18(27)28-14)7-6-12-2-4-13(8-19)5-3-12;1-21-10-18-15-14(21)16(24)22(11-19-15)9-13-20-23(17(25)26-13)8-7-12-5-3-2-4-6-12;1-2/h2-5,10-11H,6-7,9H2,1H3;2-6,10-11H,7-9H2,1H3;1-2H3. The molecule has 19 nitrogen and oxygen atoms in total. The van der Waals surface area contributed by atoms with E-state index in [2.05, 4.69) is 36.2 Å². The van der Waals surface area contributed by atoms with E-state index in [1.54, 1.807) is 35.4 Å². The van der Waals surface area contributed by atoms with Crippen molar-refractivity contribution in [3.05, 3.63) is 150 Å². The molecule has 0 aliphatic heterocycles. The van der Waals surface area contributed by atoms with Crippen LogP contribution in [0.15, 0.2) is 108 Å². The quantitative estimate of drug-likeness (QED) is 0.195. The van der Waals surface area contributed by atoms with Crippen LogP contribution in [-0.2, 0) is 53.1 Å². The first-order valence-electron chi connectivity index (χ1n) is 17.6. The highest BCUT2D eigenvalue weighted by Crippen LogP contribution is 2.07. The fourth-order valence-electron chi connectivity index (χ4n) is 5.63. The summed E-state index contributed by atoms with van der Waals surface area (Å²) in [6.07, 6.45) is 6.99. The minimum absolute atomic E-state index is 0.00788. The first kappa shape index (κ1) is 38.2. The van der Waals surface area contributed by atoms with E-state index >= 15 is 0 Å². The summed E-state index contributed by atoms with van der Waals surface area (Å²) in [6.45, 7) is 4.75. The van der Waals surface area contributed by atoms with Gasteiger partial charge in [-0.05, 0) is 36.1 Å². The monoisotopic (exact) mass is 759 g/mol. The van der Waals surface area contributed by atoms with E-state index in [1.807, 2.05) is 56.3 Å². The van der Waals surface area contributed by atoms with Gasteiger partial charge in [-0.3, -0.25) is 18.7 Å². The van der Waals surface area contributed by atoms with Gasteiger partial charge in [0.25, 0.3) is 11.1 Å². The number of hydrogen-bond donors (Lipinski definition) is 0. The van der Waals surface area contributed by atoms with Crippen LogP contribution in [0.5, 0.6) is 0 Å². The van der Waals surface area contributed by atoms with Gasteiger partial charge in [-0.25, -0.2) is 29.5 Å². The van der Waals surface area contributed by atoms with Gasteiger partial charge >= 0.3 is 11.5 Å². The molecule has 0 aliphatic carbocycles. The molecular weight excluding hydrogens is 722 g/mol. The third-order valence-electron chi connectivity index (χ3n) is 8.46. The normalized spacial score (nSPS) is 10.8. The van der Waals surface area contributed by atoms with Gasteiger partial charge in [-0.15, -0.1) is 10.2 Å². The molecule has 0 unspecified atom stereocenters. The molecular formula is C37H37N13O6. The second-order valence-corrected chi connectivity index (χ2v) is 12.2. The molecule has 6 aromatic heterocycles. The predicted octanol–water partition coefficient (Wildman–Crippen LogP) is 2.04. The van der Waals surface area contributed by atoms with Crippen molar-refractivity contribution in [3.8, 4) is 6.07 Å². The highest BCUT2D eigenvalue weighted by Gasteiger charge is 2.15. The molecule has 0 spiro atoms. The number of aryl methyl sites for hydroxylation is 6. The second-order valence-electron chi connectivity index (χ2n) is 12.2. The van der Waals surface area contributed by atoms with Crippen molar-refractivity contribution >= 4 is 22.3 Å². The van der Waals surface area contributed by atoms with Crippen molar-refractivity contribution in [2.45, 2.75) is 52.9 Å². The van der Waals surface area contributed by atoms with E-state index < -0.39 is 11.5 Å². The van der Waals surface area contributed by atoms with Crippen LogP contribution >= 0.6 is 0 Å². The molecule has 0 radical (unpaired) electrons. The molecule has 19 heteroatoms. The van der Waals surface area contributed by atoms with E-state index in [4.69, 9.17) is 14.1 Å². The number of fused-ring (bicyclic) bond motifs is 2. The van der Waals surface area contributed by atoms with E-state index in [0.717, 1.165) is 11.1 Å². The minimum atomic E-state index is -0.591. The van der Waals surface area contributed by atoms with Crippen LogP contribution < -0.4 is 22.6 Å². The van der Waals surface area contributed by atoms with Crippen molar-refractivity contribution in [2.75, 3.05) is 0 Å². The average Bonchev–Trinajstić information content (AvgIpc) is 3.99. The first-order valence-corrected chi connectivity index (χ1v) is 17.6. The number of nitrogens with zero attached hydrogens (tertiary/aromatic N) is 13. The molecule has 0 atom stereocenters. The number of nitriles is 1. The molecule has 6 heterocycles. The lowest BCUT2D eigenvalue weighted by molar-refractivity contribution is 0.434. The Morgan fingerprint density at radius 1 is 0.607 bits per heavy atom. The third kappa shape index (κ3) is 8.49. The van der Waals surface area contributed by atoms with E-state index in [-0.39, 0.29) is 36.0 Å². The van der Waals surface area contributed by atoms with Crippen molar-refractivity contribution in [2.24, 2.45) is 14.1 Å². The highest BCUT2D eigenvalue weighted by atomic mass is 16.4. The van der Waals surface area contributed by atoms with Crippen LogP contribution in [0.25, 0.3) is 22.3 Å². The Morgan fingerprint density at radius 2 is 1.04 bits per heavy atom. The van der Waals surface area contributed by atoms with Gasteiger partial charge in [-0.2, -0.15) is 14.6 Å². The van der Waals surface area contributed by atoms with Crippen molar-refractivity contribution in [3.63, 3.8) is 0 Å². The summed E-state index contributed by atoms with van der Waals surface area (Å²) < 4.78 is 18.7. The lowest BCUT2D eigenvalue weighted by Gasteiger charge is -2.02. The summed E-state index contributed by atoms with van der Waals surface area (Å²) in [4.78, 5) is 65.4. The van der Waals surface area contributed by atoms with Crippen LogP contribution in [0.2, 0.25) is 0 Å². The topological polar surface area (TPSA) is 225 Å². The Morgan fingerprint density at radius 3 is 1.48 bits per heavy atom. The lowest BCUT2D eigenvalue weighted by atomic mass is 10.1. The summed E-state index contributed by atoms with van der Waals surface area (Å²) in [5.41, 5.74) is 3.58. The molecule has 0 N–H and O–H groups in total. The molecule has 56 heavy (non-hydrogen) atoms. The van der Waals surface area contributed by atoms with E-state index in [9.17, 15) is 19.2 Å². The molecule has 0 fully saturated rings. The molecule has 0 aliphatic rings. The Bertz CT molecular complexity index is 2860. The van der Waals surface area contributed by atoms with Crippen LogP contribution in [0.4, 0.5) is 0 Å². The zero-order valence-electron chi connectivity index (χ0n) is 31.0. The summed E-state index contributed by atoms with van der Waals surface area (Å²) in [6, 6.07) is 19.0. The van der Waals surface area contributed by atoms with Gasteiger partial charge in [0.2, 0.25) is 11.8 Å². The van der Waals surface area contributed by atoms with Gasteiger partial charge < -0.3 is 18.0 Å². The fraction of sp³-hybridized carbons (Fsp3) is 0.270. The Kier molecular flexibility index (Phi) is 11.7. The summed E-state index contributed by atoms with van der Waals surface area (Å²) in [7, 11) is 3.43. The molecule has 0 amide bonds. The molecule has 0 saturated heterocycles. The fourth-order valence-corrected chi connectivity index (χ4v) is 5.63. The number of hydrogen-bond acceptors (Lipinski definition) is 13.